The van der Waals surface area contributed by atoms with Crippen LogP contribution in [0.2, 0.25) is 0 Å². The largest absolute Gasteiger partial charge is 0.153 e. The third kappa shape index (κ3) is 24.3. The molecule has 0 amide bonds. The fourth-order valence-corrected chi connectivity index (χ4v) is 0. The van der Waals surface area contributed by atoms with Gasteiger partial charge in [-0.25, -0.2) is 0 Å². The average Bonchev–Trinajstić information content (AvgIpc) is 0. The molecule has 0 aromatic rings. The Morgan fingerprint density at radius 1 is 0.333 bits per heavy atom. The predicted octanol–water partition coefficient (Wildman–Crippen LogP) is 3.15. The van der Waals surface area contributed by atoms with E-state index in [9.17, 15) is 0 Å². The van der Waals surface area contributed by atoms with Crippen molar-refractivity contribution in [1.29, 1.82) is 0 Å². The van der Waals surface area contributed by atoms with Crippen LogP contribution < -0.4 is 0 Å². The van der Waals surface area contributed by atoms with Crippen LogP contribution in [0.25, 0.3) is 0 Å². The highest BCUT2D eigenvalue weighted by atomic mass is 127. The lowest BCUT2D eigenvalue weighted by Gasteiger charge is -0.153. The van der Waals surface area contributed by atoms with Crippen LogP contribution in [0, 0.1) is 0 Å². The molecule has 0 bridgehead atoms. The highest BCUT2D eigenvalue weighted by molar-refractivity contribution is 14.0. The summed E-state index contributed by atoms with van der Waals surface area (Å²) in [4.78, 5) is 0. The van der Waals surface area contributed by atoms with Crippen LogP contribution in [0.3, 0.4) is 0 Å². The smallest absolute Gasteiger partial charge is 0.107 e. The molecule has 0 saturated heterocycles. The van der Waals surface area contributed by atoms with E-state index < -0.39 is 0 Å². The van der Waals surface area contributed by atoms with Gasteiger partial charge in [-0.2, -0.15) is 9.90 Å². The van der Waals surface area contributed by atoms with Gasteiger partial charge in [-0.1, -0.05) is 0 Å². The number of hydrogen-bond donors (Lipinski definition) is 0. The Bertz CT molecular complexity index is 3.90. The molecule has 0 aromatic carbocycles. The summed E-state index contributed by atoms with van der Waals surface area (Å²) in [6.07, 6.45) is 0. The van der Waals surface area contributed by atoms with Crippen LogP contribution in [0.15, 0.2) is 0 Å². The lowest BCUT2D eigenvalue weighted by atomic mass is 31.0. The molecule has 0 spiro atoms. The van der Waals surface area contributed by atoms with E-state index in [4.69, 9.17) is 0 Å². The maximum atomic E-state index is 0. The Kier molecular flexibility index (Phi) is 296. The van der Waals surface area contributed by atoms with Crippen LogP contribution in [0.1, 0.15) is 0 Å². The molecule has 0 fully saturated rings. The minimum Gasteiger partial charge on any atom is -0.153 e. The van der Waals surface area contributed by atoms with Gasteiger partial charge in [-0.3, -0.25) is 0 Å². The second-order valence-electron chi connectivity index (χ2n) is 0. The number of hydrogen-bond acceptors (Lipinski definition) is 0. The number of halogens is 5. The zero-order chi connectivity index (χ0) is 0. The Morgan fingerprint density at radius 3 is 0.333 bits per heavy atom. The van der Waals surface area contributed by atoms with Crippen molar-refractivity contribution < 1.29 is 0 Å². The van der Waals surface area contributed by atoms with Gasteiger partial charge >= 0.3 is 0 Å². The number of rotatable bonds is 0. The van der Waals surface area contributed by atoms with Crippen molar-refractivity contribution in [2.45, 2.75) is 0 Å². The van der Waals surface area contributed by atoms with Gasteiger partial charge in [0.1, 0.15) is 0 Å². The molecule has 6 heteroatoms. The molecule has 0 N–H and O–H groups in total. The molecule has 0 nitrogen and oxygen atoms in total. The van der Waals surface area contributed by atoms with E-state index in [1.54, 1.807) is 0 Å². The van der Waals surface area contributed by atoms with Gasteiger partial charge in [0.25, 0.3) is 0 Å². The lowest BCUT2D eigenvalue weighted by Crippen LogP contribution is 0.861. The highest BCUT2D eigenvalue weighted by Gasteiger charge is -0.103. The van der Waals surface area contributed by atoms with Crippen molar-refractivity contribution in [3.8, 4) is 0 Å². The standard InChI is InChI=1S/5HI.H3P/h5*1H;1H3. The zero-order valence-electron chi connectivity index (χ0n) is 2.75. The van der Waals surface area contributed by atoms with Crippen molar-refractivity contribution in [3.63, 3.8) is 0 Å². The quantitative estimate of drug-likeness (QED) is 0.274. The first-order valence-corrected chi connectivity index (χ1v) is 0. The third-order valence-corrected chi connectivity index (χ3v) is 0. The van der Waals surface area contributed by atoms with Gasteiger partial charge in [-0.05, 0) is 0 Å². The van der Waals surface area contributed by atoms with Gasteiger partial charge in [-0.15, -0.1) is 120 Å². The minimum atomic E-state index is 0. The molecule has 0 aliphatic rings. The predicted molar refractivity (Wildman–Crippen MR) is 88.2 cm³/mol. The zero-order valence-corrected chi connectivity index (χ0v) is 15.8. The molecular formula is H8I5P. The van der Waals surface area contributed by atoms with Gasteiger partial charge < -0.3 is 0 Å². The topological polar surface area (TPSA) is 0 Å². The molecular weight excluding hydrogens is 665 g/mol. The molecule has 0 saturated carbocycles. The van der Waals surface area contributed by atoms with E-state index in [2.05, 4.69) is 0 Å². The van der Waals surface area contributed by atoms with E-state index in [-0.39, 0.29) is 130 Å². The molecule has 0 heterocycles. The second-order valence-corrected chi connectivity index (χ2v) is 0. The van der Waals surface area contributed by atoms with Crippen molar-refractivity contribution >= 4 is 130 Å². The summed E-state index contributed by atoms with van der Waals surface area (Å²) in [5.41, 5.74) is 0. The molecule has 0 rings (SSSR count). The molecule has 1 unspecified atom stereocenters. The lowest BCUT2D eigenvalue weighted by molar-refractivity contribution is 6.92. The van der Waals surface area contributed by atoms with Crippen molar-refractivity contribution in [3.05, 3.63) is 0 Å². The van der Waals surface area contributed by atoms with E-state index in [1.165, 1.54) is 0 Å². The summed E-state index contributed by atoms with van der Waals surface area (Å²) in [6, 6.07) is 0. The van der Waals surface area contributed by atoms with E-state index in [1.807, 2.05) is 0 Å². The Balaban J connectivity index is 0. The average molecular weight is 674 g/mol. The fourth-order valence-electron chi connectivity index (χ4n) is 0. The first kappa shape index (κ1) is 49.9. The van der Waals surface area contributed by atoms with Crippen LogP contribution in [0.4, 0.5) is 0 Å². The van der Waals surface area contributed by atoms with Gasteiger partial charge in [0.05, 0.1) is 0 Å². The van der Waals surface area contributed by atoms with Crippen molar-refractivity contribution in [2.24, 2.45) is 0 Å². The molecule has 0 aromatic heterocycles. The first-order chi connectivity index (χ1) is 0. The first-order valence-electron chi connectivity index (χ1n) is 0. The van der Waals surface area contributed by atoms with Crippen molar-refractivity contribution in [2.75, 3.05) is 0 Å². The summed E-state index contributed by atoms with van der Waals surface area (Å²) < 4.78 is 0. The monoisotopic (exact) mass is 674 g/mol. The van der Waals surface area contributed by atoms with E-state index >= 15 is 0 Å². The van der Waals surface area contributed by atoms with Crippen LogP contribution >= 0.6 is 130 Å². The summed E-state index contributed by atoms with van der Waals surface area (Å²) in [6.45, 7) is 0. The molecule has 0 radical (unpaired) electrons. The Morgan fingerprint density at radius 2 is 0.333 bits per heavy atom. The summed E-state index contributed by atoms with van der Waals surface area (Å²) in [5.74, 6) is 0. The Hall–Kier alpha value is 4.08. The fraction of sp³-hybridized carbons (Fsp3) is 0. The molecule has 6 heavy (non-hydrogen) atoms. The molecule has 0 aliphatic heterocycles. The van der Waals surface area contributed by atoms with Crippen LogP contribution in [-0.4, -0.2) is 0 Å². The van der Waals surface area contributed by atoms with Crippen LogP contribution in [0.5, 0.6) is 0 Å². The summed E-state index contributed by atoms with van der Waals surface area (Å²) in [7, 11) is 0. The van der Waals surface area contributed by atoms with Crippen molar-refractivity contribution in [1.82, 2.24) is 0 Å². The summed E-state index contributed by atoms with van der Waals surface area (Å²) >= 11 is 0. The van der Waals surface area contributed by atoms with Crippen LogP contribution in [-0.2, 0) is 0 Å². The third-order valence-electron chi connectivity index (χ3n) is 0. The summed E-state index contributed by atoms with van der Waals surface area (Å²) in [5, 5.41) is 0. The molecule has 1 atom stereocenters. The molecule has 48 valence electrons. The van der Waals surface area contributed by atoms with E-state index in [0.29, 0.717) is 0 Å². The highest BCUT2D eigenvalue weighted by Crippen LogP contribution is 0.890. The van der Waals surface area contributed by atoms with Gasteiger partial charge in [0.2, 0.25) is 0 Å². The van der Waals surface area contributed by atoms with E-state index in [0.717, 1.165) is 0 Å². The minimum absolute atomic E-state index is 0. The normalized spacial score (nSPS) is 0. The van der Waals surface area contributed by atoms with Gasteiger partial charge in [0, 0.05) is 0 Å². The SMILES string of the molecule is I.I.I.I.I.P. The van der Waals surface area contributed by atoms with Gasteiger partial charge in [0.15, 0.2) is 0 Å². The maximum absolute atomic E-state index is 0. The second kappa shape index (κ2) is 35.6. The Labute approximate surface area is 127 Å². The molecule has 0 aliphatic carbocycles. The maximum Gasteiger partial charge on any atom is -0.107 e.